The molecular weight excluding hydrogens is 324 g/mol. The third kappa shape index (κ3) is 3.92. The molecule has 0 spiro atoms. The third-order valence-corrected chi connectivity index (χ3v) is 4.43. The van der Waals surface area contributed by atoms with Gasteiger partial charge in [-0.05, 0) is 31.9 Å². The Hall–Kier alpha value is -2.57. The third-order valence-electron chi connectivity index (χ3n) is 4.43. The Morgan fingerprint density at radius 1 is 1.16 bits per heavy atom. The summed E-state index contributed by atoms with van der Waals surface area (Å²) in [6.45, 7) is 2.69. The predicted octanol–water partition coefficient (Wildman–Crippen LogP) is 1.93. The maximum atomic E-state index is 12.4. The normalized spacial score (nSPS) is 16.4. The number of carbonyl (C=O) groups is 2. The first-order valence-corrected chi connectivity index (χ1v) is 8.63. The van der Waals surface area contributed by atoms with Crippen LogP contribution in [-0.2, 0) is 20.9 Å². The Bertz CT molecular complexity index is 814. The molecule has 0 radical (unpaired) electrons. The minimum atomic E-state index is -0.862. The number of hydrogen-bond donors (Lipinski definition) is 0. The van der Waals surface area contributed by atoms with Gasteiger partial charge in [-0.3, -0.25) is 14.2 Å². The fourth-order valence-corrected chi connectivity index (χ4v) is 3.13. The van der Waals surface area contributed by atoms with E-state index in [4.69, 9.17) is 9.15 Å². The molecule has 1 amide bonds. The van der Waals surface area contributed by atoms with Crippen molar-refractivity contribution in [3.05, 3.63) is 34.8 Å². The Kier molecular flexibility index (Phi) is 5.21. The van der Waals surface area contributed by atoms with Gasteiger partial charge in [-0.15, -0.1) is 0 Å². The van der Waals surface area contributed by atoms with Crippen molar-refractivity contribution in [3.8, 4) is 0 Å². The van der Waals surface area contributed by atoms with Crippen molar-refractivity contribution in [3.63, 3.8) is 0 Å². The zero-order valence-electron chi connectivity index (χ0n) is 14.3. The lowest BCUT2D eigenvalue weighted by Crippen LogP contribution is -2.41. The second-order valence-corrected chi connectivity index (χ2v) is 6.29. The highest BCUT2D eigenvalue weighted by atomic mass is 16.5. The Morgan fingerprint density at radius 2 is 1.84 bits per heavy atom. The quantitative estimate of drug-likeness (QED) is 0.790. The Balaban J connectivity index is 1.64. The molecule has 1 unspecified atom stereocenters. The van der Waals surface area contributed by atoms with Gasteiger partial charge in [0.05, 0.1) is 5.52 Å². The van der Waals surface area contributed by atoms with Crippen molar-refractivity contribution < 1.29 is 18.7 Å². The second kappa shape index (κ2) is 7.55. The van der Waals surface area contributed by atoms with Crippen LogP contribution in [-0.4, -0.2) is 40.5 Å². The molecule has 2 aromatic rings. The van der Waals surface area contributed by atoms with Crippen LogP contribution in [0, 0.1) is 0 Å². The maximum Gasteiger partial charge on any atom is 0.420 e. The number of para-hydroxylation sites is 2. The van der Waals surface area contributed by atoms with Gasteiger partial charge in [-0.25, -0.2) is 4.79 Å². The molecule has 7 nitrogen and oxygen atoms in total. The van der Waals surface area contributed by atoms with Gasteiger partial charge in [0, 0.05) is 13.1 Å². The van der Waals surface area contributed by atoms with Gasteiger partial charge in [0.1, 0.15) is 6.54 Å². The number of fused-ring (bicyclic) bond motifs is 1. The van der Waals surface area contributed by atoms with E-state index in [-0.39, 0.29) is 12.5 Å². The molecule has 0 saturated carbocycles. The molecule has 1 atom stereocenters. The lowest BCUT2D eigenvalue weighted by atomic mass is 10.2. The summed E-state index contributed by atoms with van der Waals surface area (Å²) in [4.78, 5) is 38.3. The van der Waals surface area contributed by atoms with E-state index in [0.717, 1.165) is 25.7 Å². The molecule has 2 heterocycles. The van der Waals surface area contributed by atoms with Crippen molar-refractivity contribution in [1.29, 1.82) is 0 Å². The molecule has 1 saturated heterocycles. The summed E-state index contributed by atoms with van der Waals surface area (Å²) in [5, 5.41) is 0. The molecule has 1 fully saturated rings. The highest BCUT2D eigenvalue weighted by Crippen LogP contribution is 2.13. The maximum absolute atomic E-state index is 12.4. The topological polar surface area (TPSA) is 81.7 Å². The smallest absolute Gasteiger partial charge is 0.420 e. The number of oxazole rings is 1. The number of esters is 1. The van der Waals surface area contributed by atoms with E-state index in [1.54, 1.807) is 36.1 Å². The van der Waals surface area contributed by atoms with Crippen LogP contribution in [0.3, 0.4) is 0 Å². The number of rotatable bonds is 4. The van der Waals surface area contributed by atoms with E-state index in [1.807, 2.05) is 0 Å². The molecule has 1 aliphatic rings. The number of ether oxygens (including phenoxy) is 1. The van der Waals surface area contributed by atoms with E-state index in [9.17, 15) is 14.4 Å². The Labute approximate surface area is 145 Å². The van der Waals surface area contributed by atoms with E-state index in [1.165, 1.54) is 4.57 Å². The van der Waals surface area contributed by atoms with Crippen LogP contribution in [0.4, 0.5) is 0 Å². The average molecular weight is 346 g/mol. The molecule has 0 N–H and O–H groups in total. The van der Waals surface area contributed by atoms with E-state index < -0.39 is 17.8 Å². The SMILES string of the molecule is CC(OC(=O)Cn1c(=O)oc2ccccc21)C(=O)N1CCCCCC1. The summed E-state index contributed by atoms with van der Waals surface area (Å²) in [7, 11) is 0. The Morgan fingerprint density at radius 3 is 2.56 bits per heavy atom. The molecule has 1 aromatic carbocycles. The number of amides is 1. The summed E-state index contributed by atoms with van der Waals surface area (Å²) in [6.07, 6.45) is 3.33. The number of benzene rings is 1. The number of carbonyl (C=O) groups excluding carboxylic acids is 2. The average Bonchev–Trinajstić information content (AvgIpc) is 2.79. The van der Waals surface area contributed by atoms with Crippen molar-refractivity contribution in [2.45, 2.75) is 45.3 Å². The highest BCUT2D eigenvalue weighted by Gasteiger charge is 2.25. The van der Waals surface area contributed by atoms with Gasteiger partial charge in [-0.1, -0.05) is 25.0 Å². The predicted molar refractivity (Wildman–Crippen MR) is 91.1 cm³/mol. The van der Waals surface area contributed by atoms with Crippen LogP contribution in [0.25, 0.3) is 11.1 Å². The molecule has 0 bridgehead atoms. The van der Waals surface area contributed by atoms with Crippen LogP contribution >= 0.6 is 0 Å². The number of nitrogens with zero attached hydrogens (tertiary/aromatic N) is 2. The lowest BCUT2D eigenvalue weighted by molar-refractivity contribution is -0.159. The fraction of sp³-hybridized carbons (Fsp3) is 0.500. The minimum Gasteiger partial charge on any atom is -0.451 e. The first-order chi connectivity index (χ1) is 12.1. The van der Waals surface area contributed by atoms with Gasteiger partial charge >= 0.3 is 11.7 Å². The van der Waals surface area contributed by atoms with Gasteiger partial charge in [0.15, 0.2) is 11.7 Å². The number of aromatic nitrogens is 1. The summed E-state index contributed by atoms with van der Waals surface area (Å²) in [5.74, 6) is -1.44. The van der Waals surface area contributed by atoms with Crippen LogP contribution in [0.1, 0.15) is 32.6 Å². The largest absolute Gasteiger partial charge is 0.451 e. The van der Waals surface area contributed by atoms with Crippen LogP contribution in [0.5, 0.6) is 0 Å². The molecule has 134 valence electrons. The first-order valence-electron chi connectivity index (χ1n) is 8.63. The molecule has 25 heavy (non-hydrogen) atoms. The van der Waals surface area contributed by atoms with E-state index >= 15 is 0 Å². The van der Waals surface area contributed by atoms with Crippen molar-refractivity contribution in [2.24, 2.45) is 0 Å². The van der Waals surface area contributed by atoms with Gasteiger partial charge in [0.25, 0.3) is 5.91 Å². The lowest BCUT2D eigenvalue weighted by Gasteiger charge is -2.24. The van der Waals surface area contributed by atoms with Gasteiger partial charge in [0.2, 0.25) is 0 Å². The monoisotopic (exact) mass is 346 g/mol. The summed E-state index contributed by atoms with van der Waals surface area (Å²) < 4.78 is 11.5. The molecular formula is C18H22N2O5. The van der Waals surface area contributed by atoms with E-state index in [2.05, 4.69) is 0 Å². The zero-order valence-corrected chi connectivity index (χ0v) is 14.3. The first kappa shape index (κ1) is 17.3. The molecule has 7 heteroatoms. The number of likely N-dealkylation sites (tertiary alicyclic amines) is 1. The highest BCUT2D eigenvalue weighted by molar-refractivity contribution is 5.84. The number of hydrogen-bond acceptors (Lipinski definition) is 5. The molecule has 0 aliphatic carbocycles. The zero-order chi connectivity index (χ0) is 17.8. The molecule has 1 aliphatic heterocycles. The van der Waals surface area contributed by atoms with Crippen LogP contribution in [0.2, 0.25) is 0 Å². The standard InChI is InChI=1S/C18H22N2O5/c1-13(17(22)19-10-6-2-3-7-11-19)24-16(21)12-20-14-8-4-5-9-15(14)25-18(20)23/h4-5,8-9,13H,2-3,6-7,10-12H2,1H3. The molecule has 1 aromatic heterocycles. The van der Waals surface area contributed by atoms with E-state index in [0.29, 0.717) is 24.2 Å². The minimum absolute atomic E-state index is 0.181. The second-order valence-electron chi connectivity index (χ2n) is 6.29. The fourth-order valence-electron chi connectivity index (χ4n) is 3.13. The molecule has 3 rings (SSSR count). The van der Waals surface area contributed by atoms with Crippen molar-refractivity contribution >= 4 is 23.0 Å². The van der Waals surface area contributed by atoms with Crippen LogP contribution < -0.4 is 5.76 Å². The van der Waals surface area contributed by atoms with Crippen molar-refractivity contribution in [2.75, 3.05) is 13.1 Å². The summed E-state index contributed by atoms with van der Waals surface area (Å²) >= 11 is 0. The van der Waals surface area contributed by atoms with Crippen molar-refractivity contribution in [1.82, 2.24) is 9.47 Å². The van der Waals surface area contributed by atoms with Gasteiger partial charge < -0.3 is 14.1 Å². The van der Waals surface area contributed by atoms with Crippen LogP contribution in [0.15, 0.2) is 33.5 Å². The summed E-state index contributed by atoms with van der Waals surface area (Å²) in [5.41, 5.74) is 0.935. The summed E-state index contributed by atoms with van der Waals surface area (Å²) in [6, 6.07) is 6.85. The van der Waals surface area contributed by atoms with Gasteiger partial charge in [-0.2, -0.15) is 0 Å².